The van der Waals surface area contributed by atoms with Crippen LogP contribution in [0, 0.1) is 10.8 Å². The molecule has 4 aromatic rings. The van der Waals surface area contributed by atoms with Gasteiger partial charge in [-0.25, -0.2) is 9.97 Å². The number of carbonyl (C=O) groups excluding carboxylic acids is 2. The summed E-state index contributed by atoms with van der Waals surface area (Å²) in [5.74, 6) is -1.96. The Morgan fingerprint density at radius 1 is 0.597 bits per heavy atom. The van der Waals surface area contributed by atoms with Gasteiger partial charge in [-0.2, -0.15) is 0 Å². The number of benzene rings is 2. The maximum Gasteiger partial charge on any atom is 0.573 e. The lowest BCUT2D eigenvalue weighted by molar-refractivity contribution is -0.276. The van der Waals surface area contributed by atoms with Crippen LogP contribution in [0.15, 0.2) is 97.3 Å². The summed E-state index contributed by atoms with van der Waals surface area (Å²) in [7, 11) is 0. The number of hydrogen-bond donors (Lipinski definition) is 4. The zero-order chi connectivity index (χ0) is 45.0. The van der Waals surface area contributed by atoms with Gasteiger partial charge < -0.3 is 40.2 Å². The number of amides is 2. The van der Waals surface area contributed by atoms with Gasteiger partial charge in [0.2, 0.25) is 11.8 Å². The lowest BCUT2D eigenvalue weighted by Gasteiger charge is -2.35. The highest BCUT2D eigenvalue weighted by molar-refractivity contribution is 5.83. The summed E-state index contributed by atoms with van der Waals surface area (Å²) >= 11 is 0. The lowest BCUT2D eigenvalue weighted by atomic mass is 9.85. The van der Waals surface area contributed by atoms with Crippen LogP contribution >= 0.6 is 0 Å². The molecular formula is C44H52F6N6O6. The van der Waals surface area contributed by atoms with Crippen molar-refractivity contribution in [3.63, 3.8) is 0 Å². The molecule has 2 aromatic heterocycles. The SMILES string of the molecule is CC(C)(COc1ncccc1OC(F)(F)F)C(=O)N[C@@H]1CCNC[C@H]1c1ccccc1.CC(C)(COc1ncccc1OC(F)(F)F)C(=O)N[C@H]1CCNC[C@@H]1c1ccccc1. The number of nitrogens with zero attached hydrogens (tertiary/aromatic N) is 2. The molecule has 0 radical (unpaired) electrons. The third kappa shape index (κ3) is 14.2. The summed E-state index contributed by atoms with van der Waals surface area (Å²) < 4.78 is 94.3. The first kappa shape index (κ1) is 47.4. The fraction of sp³-hybridized carbons (Fsp3) is 0.455. The predicted octanol–water partition coefficient (Wildman–Crippen LogP) is 7.29. The summed E-state index contributed by atoms with van der Waals surface area (Å²) in [5, 5.41) is 12.9. The quantitative estimate of drug-likeness (QED) is 0.0954. The van der Waals surface area contributed by atoms with E-state index in [1.54, 1.807) is 27.7 Å². The van der Waals surface area contributed by atoms with E-state index >= 15 is 0 Å². The largest absolute Gasteiger partial charge is 0.573 e. The van der Waals surface area contributed by atoms with Crippen molar-refractivity contribution in [3.05, 3.63) is 108 Å². The van der Waals surface area contributed by atoms with Gasteiger partial charge in [0.25, 0.3) is 11.8 Å². The number of halogens is 6. The first-order valence-electron chi connectivity index (χ1n) is 20.1. The molecule has 4 heterocycles. The number of piperidine rings is 2. The highest BCUT2D eigenvalue weighted by Crippen LogP contribution is 2.34. The van der Waals surface area contributed by atoms with E-state index in [4.69, 9.17) is 9.47 Å². The summed E-state index contributed by atoms with van der Waals surface area (Å²) in [6.45, 7) is 9.45. The summed E-state index contributed by atoms with van der Waals surface area (Å²) in [6.07, 6.45) is -5.60. The molecule has 2 saturated heterocycles. The molecule has 0 saturated carbocycles. The number of hydrogen-bond acceptors (Lipinski definition) is 10. The molecule has 2 aliphatic rings. The molecule has 6 rings (SSSR count). The Morgan fingerprint density at radius 2 is 0.968 bits per heavy atom. The molecule has 0 spiro atoms. The van der Waals surface area contributed by atoms with Crippen LogP contribution in [0.5, 0.6) is 23.3 Å². The smallest absolute Gasteiger partial charge is 0.474 e. The average molecular weight is 875 g/mol. The van der Waals surface area contributed by atoms with E-state index in [1.807, 2.05) is 60.7 Å². The van der Waals surface area contributed by atoms with Crippen LogP contribution in [-0.4, -0.2) is 86.0 Å². The molecule has 4 atom stereocenters. The van der Waals surface area contributed by atoms with Gasteiger partial charge in [0.15, 0.2) is 11.5 Å². The van der Waals surface area contributed by atoms with Crippen molar-refractivity contribution in [2.75, 3.05) is 39.4 Å². The Kier molecular flexibility index (Phi) is 16.0. The number of pyridine rings is 2. The summed E-state index contributed by atoms with van der Waals surface area (Å²) in [6, 6.07) is 24.6. The van der Waals surface area contributed by atoms with Gasteiger partial charge in [-0.3, -0.25) is 9.59 Å². The van der Waals surface area contributed by atoms with Gasteiger partial charge in [-0.1, -0.05) is 60.7 Å². The molecule has 336 valence electrons. The Bertz CT molecular complexity index is 1900. The van der Waals surface area contributed by atoms with Gasteiger partial charge in [-0.15, -0.1) is 26.3 Å². The second-order valence-electron chi connectivity index (χ2n) is 16.2. The lowest BCUT2D eigenvalue weighted by Crippen LogP contribution is -2.52. The minimum Gasteiger partial charge on any atom is -0.474 e. The van der Waals surface area contributed by atoms with E-state index in [0.717, 1.165) is 62.3 Å². The van der Waals surface area contributed by atoms with Crippen LogP contribution in [-0.2, 0) is 9.59 Å². The van der Waals surface area contributed by atoms with Gasteiger partial charge in [0.1, 0.15) is 13.2 Å². The molecule has 18 heteroatoms. The number of aromatic nitrogens is 2. The zero-order valence-electron chi connectivity index (χ0n) is 34.8. The molecule has 2 fully saturated rings. The molecule has 12 nitrogen and oxygen atoms in total. The average Bonchev–Trinajstić information content (AvgIpc) is 3.23. The maximum absolute atomic E-state index is 13.0. The summed E-state index contributed by atoms with van der Waals surface area (Å²) in [5.41, 5.74) is 0.270. The van der Waals surface area contributed by atoms with Gasteiger partial charge in [-0.05, 0) is 89.0 Å². The van der Waals surface area contributed by atoms with Crippen LogP contribution in [0.3, 0.4) is 0 Å². The van der Waals surface area contributed by atoms with Crippen molar-refractivity contribution in [1.29, 1.82) is 0 Å². The van der Waals surface area contributed by atoms with E-state index in [9.17, 15) is 35.9 Å². The Labute approximate surface area is 356 Å². The van der Waals surface area contributed by atoms with Gasteiger partial charge in [0.05, 0.1) is 10.8 Å². The number of rotatable bonds is 14. The third-order valence-corrected chi connectivity index (χ3v) is 10.3. The minimum atomic E-state index is -4.87. The van der Waals surface area contributed by atoms with Crippen LogP contribution in [0.1, 0.15) is 63.5 Å². The minimum absolute atomic E-state index is 0.0607. The topological polar surface area (TPSA) is 145 Å². The van der Waals surface area contributed by atoms with Gasteiger partial charge >= 0.3 is 12.7 Å². The Morgan fingerprint density at radius 3 is 1.32 bits per heavy atom. The van der Waals surface area contributed by atoms with Crippen molar-refractivity contribution in [3.8, 4) is 23.3 Å². The van der Waals surface area contributed by atoms with Crippen molar-refractivity contribution in [2.45, 2.75) is 77.2 Å². The van der Waals surface area contributed by atoms with Crippen LogP contribution in [0.4, 0.5) is 26.3 Å². The molecule has 0 unspecified atom stereocenters. The molecule has 2 aliphatic heterocycles. The predicted molar refractivity (Wildman–Crippen MR) is 218 cm³/mol. The molecule has 62 heavy (non-hydrogen) atoms. The highest BCUT2D eigenvalue weighted by Gasteiger charge is 2.38. The van der Waals surface area contributed by atoms with Crippen molar-refractivity contribution < 1.29 is 54.9 Å². The fourth-order valence-electron chi connectivity index (χ4n) is 6.89. The molecule has 2 amide bonds. The maximum atomic E-state index is 13.0. The van der Waals surface area contributed by atoms with Crippen molar-refractivity contribution >= 4 is 11.8 Å². The van der Waals surface area contributed by atoms with E-state index in [2.05, 4.69) is 40.7 Å². The van der Waals surface area contributed by atoms with Crippen LogP contribution in [0.25, 0.3) is 0 Å². The van der Waals surface area contributed by atoms with Crippen LogP contribution in [0.2, 0.25) is 0 Å². The van der Waals surface area contributed by atoms with Gasteiger partial charge in [0, 0.05) is 49.4 Å². The second-order valence-corrected chi connectivity index (χ2v) is 16.2. The zero-order valence-corrected chi connectivity index (χ0v) is 34.8. The molecule has 0 bridgehead atoms. The standard InChI is InChI=1S/2C22H26F3N3O3/c2*1-21(2,14-30-19-18(9-6-11-27-19)31-22(23,24)25)20(29)28-17-10-12-26-13-16(17)15-7-4-3-5-8-15/h2*3-9,11,16-17,26H,10,12-14H2,1-2H3,(H,28,29)/t2*16-,17+/m10/s1. The number of ether oxygens (including phenoxy) is 4. The number of carbonyl (C=O) groups is 2. The molecule has 2 aromatic carbocycles. The van der Waals surface area contributed by atoms with E-state index in [1.165, 1.54) is 24.5 Å². The first-order valence-corrected chi connectivity index (χ1v) is 20.1. The van der Waals surface area contributed by atoms with E-state index in [0.29, 0.717) is 0 Å². The normalized spacial score (nSPS) is 19.5. The molecule has 4 N–H and O–H groups in total. The fourth-order valence-corrected chi connectivity index (χ4v) is 6.89. The van der Waals surface area contributed by atoms with Crippen molar-refractivity contribution in [2.24, 2.45) is 10.8 Å². The van der Waals surface area contributed by atoms with Crippen LogP contribution < -0.4 is 40.2 Å². The monoisotopic (exact) mass is 874 g/mol. The molecular weight excluding hydrogens is 823 g/mol. The Hall–Kier alpha value is -5.62. The van der Waals surface area contributed by atoms with E-state index < -0.39 is 35.1 Å². The third-order valence-electron chi connectivity index (χ3n) is 10.3. The second kappa shape index (κ2) is 21.0. The molecule has 0 aliphatic carbocycles. The number of nitrogens with one attached hydrogen (secondary N) is 4. The summed E-state index contributed by atoms with van der Waals surface area (Å²) in [4.78, 5) is 33.6. The number of alkyl halides is 6. The Balaban J connectivity index is 0.000000234. The van der Waals surface area contributed by atoms with Crippen molar-refractivity contribution in [1.82, 2.24) is 31.2 Å². The first-order chi connectivity index (χ1) is 29.3. The van der Waals surface area contributed by atoms with E-state index in [-0.39, 0.29) is 60.7 Å². The highest BCUT2D eigenvalue weighted by atomic mass is 19.4.